The minimum atomic E-state index is -0.572. The summed E-state index contributed by atoms with van der Waals surface area (Å²) in [5.41, 5.74) is -0.645. The first kappa shape index (κ1) is 20.4. The van der Waals surface area contributed by atoms with Gasteiger partial charge in [-0.25, -0.2) is 9.59 Å². The van der Waals surface area contributed by atoms with E-state index in [0.29, 0.717) is 22.3 Å². The molecule has 162 valence electrons. The molecule has 4 rings (SSSR count). The fourth-order valence-corrected chi connectivity index (χ4v) is 3.44. The van der Waals surface area contributed by atoms with Gasteiger partial charge in [-0.2, -0.15) is 4.98 Å². The molecule has 31 heavy (non-hydrogen) atoms. The highest BCUT2D eigenvalue weighted by Gasteiger charge is 2.20. The standard InChI is InChI=1S/C20H21N5O6/c1-23-16-15(17(27)24(2)20(23)29)25(19(22-16)21-6-7-26)10-12-8-11-4-5-13(30-3)9-14(11)31-18(12)28/h4-5,8-9,26H,6-7,10H2,1-3H3,(H,21,22). The van der Waals surface area contributed by atoms with Crippen LogP contribution in [-0.4, -0.2) is 44.1 Å². The number of aliphatic hydroxyl groups is 1. The summed E-state index contributed by atoms with van der Waals surface area (Å²) in [6, 6.07) is 6.81. The van der Waals surface area contributed by atoms with Crippen LogP contribution < -0.4 is 26.9 Å². The van der Waals surface area contributed by atoms with Gasteiger partial charge in [-0.1, -0.05) is 0 Å². The summed E-state index contributed by atoms with van der Waals surface area (Å²) in [7, 11) is 4.40. The smallest absolute Gasteiger partial charge is 0.341 e. The Labute approximate surface area is 174 Å². The van der Waals surface area contributed by atoms with Crippen LogP contribution in [-0.2, 0) is 20.6 Å². The molecule has 0 bridgehead atoms. The largest absolute Gasteiger partial charge is 0.497 e. The maximum Gasteiger partial charge on any atom is 0.341 e. The van der Waals surface area contributed by atoms with E-state index in [2.05, 4.69) is 10.3 Å². The third-order valence-electron chi connectivity index (χ3n) is 5.09. The van der Waals surface area contributed by atoms with Crippen LogP contribution in [0.3, 0.4) is 0 Å². The number of aromatic nitrogens is 4. The Morgan fingerprint density at radius 2 is 1.94 bits per heavy atom. The summed E-state index contributed by atoms with van der Waals surface area (Å²) in [5, 5.41) is 12.8. The van der Waals surface area contributed by atoms with Crippen molar-refractivity contribution in [1.29, 1.82) is 0 Å². The number of imidazole rings is 1. The minimum Gasteiger partial charge on any atom is -0.497 e. The monoisotopic (exact) mass is 427 g/mol. The molecule has 1 aromatic carbocycles. The van der Waals surface area contributed by atoms with Crippen molar-refractivity contribution in [3.05, 3.63) is 61.1 Å². The van der Waals surface area contributed by atoms with Gasteiger partial charge in [-0.15, -0.1) is 0 Å². The molecule has 0 aliphatic rings. The lowest BCUT2D eigenvalue weighted by Crippen LogP contribution is -2.37. The molecule has 11 heteroatoms. The van der Waals surface area contributed by atoms with Crippen LogP contribution in [0.2, 0.25) is 0 Å². The van der Waals surface area contributed by atoms with Gasteiger partial charge in [0.1, 0.15) is 11.3 Å². The fourth-order valence-electron chi connectivity index (χ4n) is 3.44. The van der Waals surface area contributed by atoms with Crippen LogP contribution in [0, 0.1) is 0 Å². The molecule has 0 aliphatic carbocycles. The number of nitrogens with one attached hydrogen (secondary N) is 1. The van der Waals surface area contributed by atoms with Crippen LogP contribution in [0.25, 0.3) is 22.1 Å². The van der Waals surface area contributed by atoms with Gasteiger partial charge in [0, 0.05) is 32.1 Å². The first-order chi connectivity index (χ1) is 14.8. The summed E-state index contributed by atoms with van der Waals surface area (Å²) < 4.78 is 14.3. The number of anilines is 1. The molecule has 11 nitrogen and oxygen atoms in total. The third-order valence-corrected chi connectivity index (χ3v) is 5.09. The molecule has 0 amide bonds. The SMILES string of the molecule is COc1ccc2cc(Cn3c(NCCO)nc4c3c(=O)n(C)c(=O)n4C)c(=O)oc2c1. The van der Waals surface area contributed by atoms with Crippen LogP contribution in [0.4, 0.5) is 5.95 Å². The van der Waals surface area contributed by atoms with Crippen molar-refractivity contribution in [2.24, 2.45) is 14.1 Å². The first-order valence-corrected chi connectivity index (χ1v) is 9.47. The second-order valence-corrected chi connectivity index (χ2v) is 7.01. The lowest BCUT2D eigenvalue weighted by molar-refractivity contribution is 0.310. The first-order valence-electron chi connectivity index (χ1n) is 9.47. The molecule has 0 aliphatic heterocycles. The Kier molecular flexibility index (Phi) is 5.11. The molecule has 0 saturated carbocycles. The number of rotatable bonds is 6. The van der Waals surface area contributed by atoms with Gasteiger partial charge in [-0.3, -0.25) is 18.5 Å². The second-order valence-electron chi connectivity index (χ2n) is 7.01. The summed E-state index contributed by atoms with van der Waals surface area (Å²) in [4.78, 5) is 42.2. The Morgan fingerprint density at radius 3 is 2.65 bits per heavy atom. The average molecular weight is 427 g/mol. The van der Waals surface area contributed by atoms with Gasteiger partial charge in [0.05, 0.1) is 25.8 Å². The molecule has 0 radical (unpaired) electrons. The summed E-state index contributed by atoms with van der Waals surface area (Å²) in [6.07, 6.45) is 0. The number of methoxy groups -OCH3 is 1. The number of aliphatic hydroxyl groups excluding tert-OH is 1. The molecule has 0 saturated heterocycles. The molecule has 0 atom stereocenters. The van der Waals surface area contributed by atoms with Crippen LogP contribution >= 0.6 is 0 Å². The summed E-state index contributed by atoms with van der Waals surface area (Å²) in [5.74, 6) is 0.806. The van der Waals surface area contributed by atoms with E-state index < -0.39 is 16.9 Å². The van der Waals surface area contributed by atoms with Gasteiger partial charge in [0.2, 0.25) is 5.95 Å². The number of ether oxygens (including phenoxy) is 1. The van der Waals surface area contributed by atoms with E-state index in [1.807, 2.05) is 0 Å². The third kappa shape index (κ3) is 3.38. The number of hydrogen-bond donors (Lipinski definition) is 2. The Bertz CT molecular complexity index is 1480. The van der Waals surface area contributed by atoms with Gasteiger partial charge < -0.3 is 19.6 Å². The van der Waals surface area contributed by atoms with Crippen LogP contribution in [0.1, 0.15) is 5.56 Å². The van der Waals surface area contributed by atoms with Crippen molar-refractivity contribution in [3.63, 3.8) is 0 Å². The molecular formula is C20H21N5O6. The average Bonchev–Trinajstić information content (AvgIpc) is 3.13. The van der Waals surface area contributed by atoms with Gasteiger partial charge >= 0.3 is 11.3 Å². The van der Waals surface area contributed by atoms with Crippen molar-refractivity contribution >= 4 is 28.1 Å². The summed E-state index contributed by atoms with van der Waals surface area (Å²) in [6.45, 7) is -0.0220. The number of nitrogens with zero attached hydrogens (tertiary/aromatic N) is 4. The van der Waals surface area contributed by atoms with Crippen LogP contribution in [0.15, 0.2) is 43.1 Å². The van der Waals surface area contributed by atoms with E-state index in [4.69, 9.17) is 9.15 Å². The van der Waals surface area contributed by atoms with E-state index in [-0.39, 0.29) is 36.8 Å². The lowest BCUT2D eigenvalue weighted by atomic mass is 10.2. The molecule has 3 heterocycles. The minimum absolute atomic E-state index is 0.0258. The van der Waals surface area contributed by atoms with Crippen molar-refractivity contribution in [2.75, 3.05) is 25.6 Å². The molecular weight excluding hydrogens is 406 g/mol. The number of hydrogen-bond acceptors (Lipinski definition) is 8. The van der Waals surface area contributed by atoms with Gasteiger partial charge in [0.15, 0.2) is 11.2 Å². The Morgan fingerprint density at radius 1 is 1.16 bits per heavy atom. The van der Waals surface area contributed by atoms with Crippen molar-refractivity contribution in [3.8, 4) is 5.75 Å². The Hall–Kier alpha value is -3.86. The molecule has 2 N–H and O–H groups in total. The summed E-state index contributed by atoms with van der Waals surface area (Å²) >= 11 is 0. The topological polar surface area (TPSA) is 134 Å². The molecule has 4 aromatic rings. The van der Waals surface area contributed by atoms with Crippen molar-refractivity contribution < 1.29 is 14.3 Å². The van der Waals surface area contributed by atoms with E-state index >= 15 is 0 Å². The highest BCUT2D eigenvalue weighted by atomic mass is 16.5. The highest BCUT2D eigenvalue weighted by molar-refractivity contribution is 5.79. The molecule has 3 aromatic heterocycles. The molecule has 0 fully saturated rings. The highest BCUT2D eigenvalue weighted by Crippen LogP contribution is 2.22. The van der Waals surface area contributed by atoms with E-state index in [1.165, 1.54) is 30.3 Å². The zero-order valence-corrected chi connectivity index (χ0v) is 17.2. The maximum atomic E-state index is 12.9. The second kappa shape index (κ2) is 7.76. The lowest BCUT2D eigenvalue weighted by Gasteiger charge is -2.10. The molecule has 0 unspecified atom stereocenters. The molecule has 0 spiro atoms. The van der Waals surface area contributed by atoms with E-state index in [9.17, 15) is 19.5 Å². The maximum absolute atomic E-state index is 12.9. The number of benzene rings is 1. The Balaban J connectivity index is 1.93. The van der Waals surface area contributed by atoms with Crippen LogP contribution in [0.5, 0.6) is 5.75 Å². The number of aryl methyl sites for hydroxylation is 1. The van der Waals surface area contributed by atoms with Gasteiger partial charge in [-0.05, 0) is 18.2 Å². The fraction of sp³-hybridized carbons (Fsp3) is 0.300. The zero-order chi connectivity index (χ0) is 22.3. The van der Waals surface area contributed by atoms with E-state index in [0.717, 1.165) is 4.57 Å². The number of fused-ring (bicyclic) bond motifs is 2. The van der Waals surface area contributed by atoms with Crippen molar-refractivity contribution in [1.82, 2.24) is 18.7 Å². The predicted molar refractivity (Wildman–Crippen MR) is 114 cm³/mol. The zero-order valence-electron chi connectivity index (χ0n) is 17.2. The predicted octanol–water partition coefficient (Wildman–Crippen LogP) is 0.00120. The quantitative estimate of drug-likeness (QED) is 0.411. The van der Waals surface area contributed by atoms with E-state index in [1.54, 1.807) is 24.3 Å². The van der Waals surface area contributed by atoms with Gasteiger partial charge in [0.25, 0.3) is 5.56 Å². The van der Waals surface area contributed by atoms with Crippen molar-refractivity contribution in [2.45, 2.75) is 6.54 Å². The normalized spacial score (nSPS) is 11.4.